The minimum absolute atomic E-state index is 0.360. The molecule has 3 rings (SSSR count). The monoisotopic (exact) mass is 415 g/mol. The zero-order valence-corrected chi connectivity index (χ0v) is 14.4. The van der Waals surface area contributed by atoms with Crippen LogP contribution in [0.15, 0.2) is 79.0 Å². The number of carbonyl (C=O) groups excluding carboxylic acids is 1. The van der Waals surface area contributed by atoms with Gasteiger partial charge in [-0.05, 0) is 64.6 Å². The van der Waals surface area contributed by atoms with Crippen LogP contribution in [-0.2, 0) is 4.74 Å². The van der Waals surface area contributed by atoms with Crippen LogP contribution < -0.4 is 0 Å². The lowest BCUT2D eigenvalue weighted by molar-refractivity contribution is 0.0370. The van der Waals surface area contributed by atoms with Gasteiger partial charge in [-0.1, -0.05) is 36.4 Å². The maximum atomic E-state index is 12.5. The van der Waals surface area contributed by atoms with E-state index in [-0.39, 0.29) is 5.97 Å². The van der Waals surface area contributed by atoms with E-state index in [0.717, 1.165) is 9.13 Å². The van der Waals surface area contributed by atoms with Crippen LogP contribution in [0.2, 0.25) is 0 Å². The molecule has 1 atom stereocenters. The average Bonchev–Trinajstić information content (AvgIpc) is 2.61. The predicted molar refractivity (Wildman–Crippen MR) is 97.1 cm³/mol. The highest BCUT2D eigenvalue weighted by Crippen LogP contribution is 2.25. The molecule has 0 aliphatic carbocycles. The van der Waals surface area contributed by atoms with Crippen LogP contribution in [-0.4, -0.2) is 11.0 Å². The third-order valence-electron chi connectivity index (χ3n) is 3.36. The second kappa shape index (κ2) is 7.37. The molecule has 114 valence electrons. The Hall–Kier alpha value is -2.21. The third kappa shape index (κ3) is 3.96. The first-order chi connectivity index (χ1) is 11.2. The maximum Gasteiger partial charge on any atom is 0.339 e. The lowest BCUT2D eigenvalue weighted by atomic mass is 10.1. The third-order valence-corrected chi connectivity index (χ3v) is 4.08. The molecule has 0 amide bonds. The Balaban J connectivity index is 1.90. The van der Waals surface area contributed by atoms with E-state index in [9.17, 15) is 4.79 Å². The normalized spacial score (nSPS) is 11.7. The molecule has 0 saturated carbocycles. The molecule has 1 unspecified atom stereocenters. The first kappa shape index (κ1) is 15.7. The highest BCUT2D eigenvalue weighted by atomic mass is 127. The molecule has 0 aliphatic rings. The van der Waals surface area contributed by atoms with Crippen molar-refractivity contribution in [2.45, 2.75) is 6.10 Å². The van der Waals surface area contributed by atoms with E-state index in [0.29, 0.717) is 11.3 Å². The first-order valence-electron chi connectivity index (χ1n) is 7.16. The molecule has 3 aromatic rings. The summed E-state index contributed by atoms with van der Waals surface area (Å²) in [5.74, 6) is -0.360. The van der Waals surface area contributed by atoms with Crippen LogP contribution >= 0.6 is 22.6 Å². The largest absolute Gasteiger partial charge is 0.447 e. The molecule has 0 bridgehead atoms. The van der Waals surface area contributed by atoms with E-state index < -0.39 is 6.10 Å². The van der Waals surface area contributed by atoms with Gasteiger partial charge in [0, 0.05) is 9.77 Å². The van der Waals surface area contributed by atoms with E-state index in [1.807, 2.05) is 60.7 Å². The lowest BCUT2D eigenvalue weighted by Crippen LogP contribution is -2.14. The molecule has 0 radical (unpaired) electrons. The van der Waals surface area contributed by atoms with Gasteiger partial charge in [0.1, 0.15) is 0 Å². The maximum absolute atomic E-state index is 12.5. The van der Waals surface area contributed by atoms with Crippen molar-refractivity contribution in [3.63, 3.8) is 0 Å². The minimum Gasteiger partial charge on any atom is -0.447 e. The zero-order valence-electron chi connectivity index (χ0n) is 12.2. The van der Waals surface area contributed by atoms with Crippen LogP contribution in [0.25, 0.3) is 0 Å². The van der Waals surface area contributed by atoms with Gasteiger partial charge in [0.25, 0.3) is 0 Å². The number of benzene rings is 2. The summed E-state index contributed by atoms with van der Waals surface area (Å²) in [5, 5.41) is 0. The zero-order chi connectivity index (χ0) is 16.1. The van der Waals surface area contributed by atoms with Gasteiger partial charge in [-0.2, -0.15) is 0 Å². The standard InChI is InChI=1S/C19H14INO2/c20-16-11-9-15(10-12-16)19(22)23-18(14-6-2-1-3-7-14)17-8-4-5-13-21-17/h1-13,18H. The van der Waals surface area contributed by atoms with Gasteiger partial charge in [-0.15, -0.1) is 0 Å². The molecular weight excluding hydrogens is 401 g/mol. The predicted octanol–water partition coefficient (Wildman–Crippen LogP) is 4.63. The number of pyridine rings is 1. The highest BCUT2D eigenvalue weighted by Gasteiger charge is 2.20. The molecule has 0 N–H and O–H groups in total. The Bertz CT molecular complexity index is 734. The molecule has 0 saturated heterocycles. The summed E-state index contributed by atoms with van der Waals surface area (Å²) in [4.78, 5) is 16.8. The van der Waals surface area contributed by atoms with Gasteiger partial charge >= 0.3 is 5.97 Å². The Labute approximate surface area is 148 Å². The fraction of sp³-hybridized carbons (Fsp3) is 0.0526. The number of esters is 1. The van der Waals surface area contributed by atoms with Gasteiger partial charge in [0.05, 0.1) is 11.3 Å². The second-order valence-corrected chi connectivity index (χ2v) is 6.20. The minimum atomic E-state index is -0.524. The molecule has 0 aliphatic heterocycles. The van der Waals surface area contributed by atoms with Crippen LogP contribution in [0.3, 0.4) is 0 Å². The fourth-order valence-corrected chi connectivity index (χ4v) is 2.58. The van der Waals surface area contributed by atoms with E-state index >= 15 is 0 Å². The van der Waals surface area contributed by atoms with E-state index in [2.05, 4.69) is 27.6 Å². The van der Waals surface area contributed by atoms with E-state index in [1.165, 1.54) is 0 Å². The summed E-state index contributed by atoms with van der Waals surface area (Å²) in [6.45, 7) is 0. The van der Waals surface area contributed by atoms with Crippen molar-refractivity contribution in [1.29, 1.82) is 0 Å². The summed E-state index contributed by atoms with van der Waals surface area (Å²) in [7, 11) is 0. The van der Waals surface area contributed by atoms with Crippen molar-refractivity contribution < 1.29 is 9.53 Å². The number of hydrogen-bond donors (Lipinski definition) is 0. The summed E-state index contributed by atoms with van der Waals surface area (Å²) in [6.07, 6.45) is 1.17. The Morgan fingerprint density at radius 3 is 2.26 bits per heavy atom. The topological polar surface area (TPSA) is 39.2 Å². The molecule has 2 aromatic carbocycles. The van der Waals surface area contributed by atoms with E-state index in [4.69, 9.17) is 4.74 Å². The summed E-state index contributed by atoms with van der Waals surface area (Å²) in [6, 6.07) is 22.5. The molecule has 4 heteroatoms. The second-order valence-electron chi connectivity index (χ2n) is 4.96. The highest BCUT2D eigenvalue weighted by molar-refractivity contribution is 14.1. The summed E-state index contributed by atoms with van der Waals surface area (Å²) >= 11 is 2.20. The molecule has 23 heavy (non-hydrogen) atoms. The van der Waals surface area contributed by atoms with Crippen LogP contribution in [0.5, 0.6) is 0 Å². The Morgan fingerprint density at radius 2 is 1.61 bits per heavy atom. The van der Waals surface area contributed by atoms with Gasteiger partial charge in [0.2, 0.25) is 0 Å². The molecule has 1 aromatic heterocycles. The molecule has 0 fully saturated rings. The van der Waals surface area contributed by atoms with Crippen LogP contribution in [0.1, 0.15) is 27.7 Å². The van der Waals surface area contributed by atoms with Crippen molar-refractivity contribution >= 4 is 28.6 Å². The van der Waals surface area contributed by atoms with Crippen LogP contribution in [0.4, 0.5) is 0 Å². The van der Waals surface area contributed by atoms with E-state index in [1.54, 1.807) is 18.3 Å². The van der Waals surface area contributed by atoms with Crippen molar-refractivity contribution in [3.05, 3.63) is 99.4 Å². The van der Waals surface area contributed by atoms with Crippen molar-refractivity contribution in [3.8, 4) is 0 Å². The number of nitrogens with zero attached hydrogens (tertiary/aromatic N) is 1. The quantitative estimate of drug-likeness (QED) is 0.461. The number of hydrogen-bond acceptors (Lipinski definition) is 3. The number of rotatable bonds is 4. The van der Waals surface area contributed by atoms with Gasteiger partial charge in [0.15, 0.2) is 6.10 Å². The average molecular weight is 415 g/mol. The molecule has 1 heterocycles. The number of aromatic nitrogens is 1. The number of carbonyl (C=O) groups is 1. The van der Waals surface area contributed by atoms with Crippen molar-refractivity contribution in [1.82, 2.24) is 4.98 Å². The summed E-state index contributed by atoms with van der Waals surface area (Å²) < 4.78 is 6.82. The van der Waals surface area contributed by atoms with Crippen molar-refractivity contribution in [2.75, 3.05) is 0 Å². The lowest BCUT2D eigenvalue weighted by Gasteiger charge is -2.18. The number of ether oxygens (including phenoxy) is 1. The fourth-order valence-electron chi connectivity index (χ4n) is 2.22. The number of halogens is 1. The van der Waals surface area contributed by atoms with Gasteiger partial charge in [-0.25, -0.2) is 4.79 Å². The van der Waals surface area contributed by atoms with Gasteiger partial charge in [-0.3, -0.25) is 4.98 Å². The summed E-state index contributed by atoms with van der Waals surface area (Å²) in [5.41, 5.74) is 2.13. The van der Waals surface area contributed by atoms with Crippen molar-refractivity contribution in [2.24, 2.45) is 0 Å². The molecular formula is C19H14INO2. The molecule has 3 nitrogen and oxygen atoms in total. The Morgan fingerprint density at radius 1 is 0.913 bits per heavy atom. The van der Waals surface area contributed by atoms with Gasteiger partial charge < -0.3 is 4.74 Å². The Kier molecular flexibility index (Phi) is 5.02. The smallest absolute Gasteiger partial charge is 0.339 e. The van der Waals surface area contributed by atoms with Crippen LogP contribution in [0, 0.1) is 3.57 Å². The molecule has 0 spiro atoms. The SMILES string of the molecule is O=C(OC(c1ccccc1)c1ccccn1)c1ccc(I)cc1. The first-order valence-corrected chi connectivity index (χ1v) is 8.24.